The maximum atomic E-state index is 6.20. The fraction of sp³-hybridized carbons (Fsp3) is 0.294. The molecule has 106 valence electrons. The minimum atomic E-state index is 0.474. The molecule has 0 radical (unpaired) electrons. The van der Waals surface area contributed by atoms with Gasteiger partial charge in [-0.25, -0.2) is 0 Å². The molecule has 0 saturated heterocycles. The molecule has 0 heterocycles. The van der Waals surface area contributed by atoms with Crippen LogP contribution in [0.1, 0.15) is 36.5 Å². The summed E-state index contributed by atoms with van der Waals surface area (Å²) in [4.78, 5) is 0. The number of benzene rings is 2. The highest BCUT2D eigenvalue weighted by Gasteiger charge is 2.07. The van der Waals surface area contributed by atoms with Gasteiger partial charge in [-0.2, -0.15) is 0 Å². The lowest BCUT2D eigenvalue weighted by atomic mass is 9.98. The molecular weight excluding hydrogens is 270 g/mol. The molecule has 0 unspecified atom stereocenters. The normalized spacial score (nSPS) is 10.9. The lowest BCUT2D eigenvalue weighted by Crippen LogP contribution is -1.96. The molecule has 0 aliphatic heterocycles. The zero-order valence-electron chi connectivity index (χ0n) is 12.1. The van der Waals surface area contributed by atoms with Crippen molar-refractivity contribution in [2.45, 2.75) is 33.2 Å². The lowest BCUT2D eigenvalue weighted by molar-refractivity contribution is 0.482. The van der Waals surface area contributed by atoms with Crippen molar-refractivity contribution in [1.29, 1.82) is 0 Å². The Hall–Kier alpha value is -1.51. The summed E-state index contributed by atoms with van der Waals surface area (Å²) in [6, 6.07) is 11.8. The van der Waals surface area contributed by atoms with Gasteiger partial charge in [-0.05, 0) is 53.8 Å². The Morgan fingerprint density at radius 3 is 2.45 bits per heavy atom. The minimum absolute atomic E-state index is 0.474. The van der Waals surface area contributed by atoms with Gasteiger partial charge in [-0.1, -0.05) is 37.6 Å². The Kier molecular flexibility index (Phi) is 4.69. The molecule has 0 aliphatic carbocycles. The average Bonchev–Trinajstić information content (AvgIpc) is 2.40. The molecule has 0 fully saturated rings. The highest BCUT2D eigenvalue weighted by molar-refractivity contribution is 6.32. The predicted molar refractivity (Wildman–Crippen MR) is 84.7 cm³/mol. The minimum Gasteiger partial charge on any atom is -0.456 e. The van der Waals surface area contributed by atoms with Gasteiger partial charge in [-0.15, -0.1) is 0 Å². The molecule has 2 aromatic carbocycles. The van der Waals surface area contributed by atoms with Crippen LogP contribution in [0.3, 0.4) is 0 Å². The Labute approximate surface area is 125 Å². The average molecular weight is 290 g/mol. The second kappa shape index (κ2) is 6.29. The van der Waals surface area contributed by atoms with Crippen molar-refractivity contribution in [3.05, 3.63) is 58.1 Å². The van der Waals surface area contributed by atoms with Crippen molar-refractivity contribution >= 4 is 11.6 Å². The fourth-order valence-electron chi connectivity index (χ4n) is 2.24. The molecule has 2 rings (SSSR count). The summed E-state index contributed by atoms with van der Waals surface area (Å²) in [5.74, 6) is 1.96. The first kappa shape index (κ1) is 14.9. The Morgan fingerprint density at radius 2 is 1.90 bits per heavy atom. The van der Waals surface area contributed by atoms with E-state index in [1.54, 1.807) is 0 Å². The fourth-order valence-corrected chi connectivity index (χ4v) is 2.48. The zero-order chi connectivity index (χ0) is 14.7. The second-order valence-corrected chi connectivity index (χ2v) is 5.65. The van der Waals surface area contributed by atoms with E-state index in [1.807, 2.05) is 30.3 Å². The number of hydrogen-bond acceptors (Lipinski definition) is 2. The number of nitrogens with two attached hydrogens (primary N) is 1. The molecule has 0 amide bonds. The third-order valence-corrected chi connectivity index (χ3v) is 3.62. The first-order valence-corrected chi connectivity index (χ1v) is 7.16. The van der Waals surface area contributed by atoms with Gasteiger partial charge in [0.1, 0.15) is 11.5 Å². The summed E-state index contributed by atoms with van der Waals surface area (Å²) >= 11 is 6.20. The van der Waals surface area contributed by atoms with E-state index in [4.69, 9.17) is 22.1 Å². The third kappa shape index (κ3) is 3.33. The van der Waals surface area contributed by atoms with Crippen molar-refractivity contribution < 1.29 is 4.74 Å². The number of aryl methyl sites for hydroxylation is 1. The largest absolute Gasteiger partial charge is 0.456 e. The van der Waals surface area contributed by atoms with Crippen LogP contribution < -0.4 is 10.5 Å². The first-order valence-electron chi connectivity index (χ1n) is 6.78. The number of rotatable bonds is 4. The molecule has 0 spiro atoms. The number of ether oxygens (including phenoxy) is 1. The maximum Gasteiger partial charge on any atom is 0.146 e. The quantitative estimate of drug-likeness (QED) is 0.857. The third-order valence-electron chi connectivity index (χ3n) is 3.32. The monoisotopic (exact) mass is 289 g/mol. The van der Waals surface area contributed by atoms with Crippen LogP contribution in [0, 0.1) is 6.92 Å². The molecule has 2 nitrogen and oxygen atoms in total. The second-order valence-electron chi connectivity index (χ2n) is 5.24. The van der Waals surface area contributed by atoms with Crippen LogP contribution in [0.15, 0.2) is 36.4 Å². The van der Waals surface area contributed by atoms with E-state index >= 15 is 0 Å². The molecule has 0 bridgehead atoms. The SMILES string of the molecule is Cc1cc(Oc2ccc(CN)cc2Cl)ccc1C(C)C. The van der Waals surface area contributed by atoms with Crippen molar-refractivity contribution in [2.75, 3.05) is 0 Å². The van der Waals surface area contributed by atoms with Gasteiger partial charge in [0.05, 0.1) is 5.02 Å². The van der Waals surface area contributed by atoms with Crippen LogP contribution in [-0.2, 0) is 6.54 Å². The van der Waals surface area contributed by atoms with Crippen molar-refractivity contribution in [3.63, 3.8) is 0 Å². The first-order chi connectivity index (χ1) is 9.51. The Morgan fingerprint density at radius 1 is 1.15 bits per heavy atom. The smallest absolute Gasteiger partial charge is 0.146 e. The summed E-state index contributed by atoms with van der Waals surface area (Å²) in [7, 11) is 0. The van der Waals surface area contributed by atoms with Crippen molar-refractivity contribution in [3.8, 4) is 11.5 Å². The van der Waals surface area contributed by atoms with Gasteiger partial charge in [0, 0.05) is 6.54 Å². The van der Waals surface area contributed by atoms with E-state index < -0.39 is 0 Å². The summed E-state index contributed by atoms with van der Waals surface area (Å²) in [5, 5.41) is 0.582. The van der Waals surface area contributed by atoms with Gasteiger partial charge in [-0.3, -0.25) is 0 Å². The lowest BCUT2D eigenvalue weighted by Gasteiger charge is -2.13. The molecule has 0 saturated carbocycles. The molecule has 20 heavy (non-hydrogen) atoms. The highest BCUT2D eigenvalue weighted by atomic mass is 35.5. The predicted octanol–water partition coefficient (Wildman–Crippen LogP) is 5.02. The van der Waals surface area contributed by atoms with E-state index in [9.17, 15) is 0 Å². The standard InChI is InChI=1S/C17H20ClNO/c1-11(2)15-6-5-14(8-12(15)3)20-17-7-4-13(10-19)9-16(17)18/h4-9,11H,10,19H2,1-3H3. The van der Waals surface area contributed by atoms with Crippen molar-refractivity contribution in [2.24, 2.45) is 5.73 Å². The molecule has 2 aromatic rings. The van der Waals surface area contributed by atoms with Crippen LogP contribution in [-0.4, -0.2) is 0 Å². The van der Waals surface area contributed by atoms with Crippen LogP contribution in [0.2, 0.25) is 5.02 Å². The van der Waals surface area contributed by atoms with Crippen LogP contribution in [0.25, 0.3) is 0 Å². The zero-order valence-corrected chi connectivity index (χ0v) is 12.9. The van der Waals surface area contributed by atoms with Crippen LogP contribution in [0.5, 0.6) is 11.5 Å². The van der Waals surface area contributed by atoms with Gasteiger partial charge < -0.3 is 10.5 Å². The van der Waals surface area contributed by atoms with Gasteiger partial charge >= 0.3 is 0 Å². The summed E-state index contributed by atoms with van der Waals surface area (Å²) in [6.07, 6.45) is 0. The summed E-state index contributed by atoms with van der Waals surface area (Å²) in [5.41, 5.74) is 9.14. The molecule has 0 aromatic heterocycles. The Balaban J connectivity index is 2.24. The van der Waals surface area contributed by atoms with E-state index in [0.717, 1.165) is 11.3 Å². The molecule has 0 aliphatic rings. The molecule has 3 heteroatoms. The van der Waals surface area contributed by atoms with Gasteiger partial charge in [0.25, 0.3) is 0 Å². The van der Waals surface area contributed by atoms with Crippen LogP contribution >= 0.6 is 11.6 Å². The van der Waals surface area contributed by atoms with E-state index in [1.165, 1.54) is 11.1 Å². The number of halogens is 1. The highest BCUT2D eigenvalue weighted by Crippen LogP contribution is 2.32. The van der Waals surface area contributed by atoms with E-state index in [-0.39, 0.29) is 0 Å². The Bertz CT molecular complexity index is 608. The summed E-state index contributed by atoms with van der Waals surface area (Å²) < 4.78 is 5.85. The molecule has 2 N–H and O–H groups in total. The van der Waals surface area contributed by atoms with Crippen LogP contribution in [0.4, 0.5) is 0 Å². The van der Waals surface area contributed by atoms with Gasteiger partial charge in [0.15, 0.2) is 0 Å². The van der Waals surface area contributed by atoms with E-state index in [2.05, 4.69) is 26.8 Å². The van der Waals surface area contributed by atoms with Crippen molar-refractivity contribution in [1.82, 2.24) is 0 Å². The molecular formula is C17H20ClNO. The van der Waals surface area contributed by atoms with Gasteiger partial charge in [0.2, 0.25) is 0 Å². The summed E-state index contributed by atoms with van der Waals surface area (Å²) in [6.45, 7) is 6.94. The topological polar surface area (TPSA) is 35.2 Å². The maximum absolute atomic E-state index is 6.20. The molecule has 0 atom stereocenters. The van der Waals surface area contributed by atoms with E-state index in [0.29, 0.717) is 23.2 Å². The number of hydrogen-bond donors (Lipinski definition) is 1.